The maximum atomic E-state index is 9.11. The fraction of sp³-hybridized carbons (Fsp3) is 0.800. The minimum absolute atomic E-state index is 0.142. The quantitative estimate of drug-likeness (QED) is 0.239. The van der Waals surface area contributed by atoms with Crippen molar-refractivity contribution in [2.45, 2.75) is 24.9 Å². The molecule has 0 aliphatic carbocycles. The van der Waals surface area contributed by atoms with Crippen LogP contribution < -0.4 is 17.1 Å². The normalized spacial score (nSPS) is 25.8. The number of hydrogen-bond donors (Lipinski definition) is 3. The zero-order valence-electron chi connectivity index (χ0n) is 10.8. The lowest BCUT2D eigenvalue weighted by Gasteiger charge is -2.35. The lowest BCUT2D eigenvalue weighted by Crippen LogP contribution is -2.52. The van der Waals surface area contributed by atoms with Crippen LogP contribution in [0.5, 0.6) is 0 Å². The van der Waals surface area contributed by atoms with Gasteiger partial charge in [0.25, 0.3) is 0 Å². The molecule has 2 unspecified atom stereocenters. The van der Waals surface area contributed by atoms with Gasteiger partial charge in [-0.25, -0.2) is 11.0 Å². The van der Waals surface area contributed by atoms with Crippen LogP contribution in [-0.2, 0) is 4.84 Å². The van der Waals surface area contributed by atoms with Crippen LogP contribution in [-0.4, -0.2) is 55.2 Å². The minimum Gasteiger partial charge on any atom is -0.385 e. The molecule has 1 aliphatic heterocycles. The molecule has 18 heavy (non-hydrogen) atoms. The number of nitrogens with two attached hydrogens (primary N) is 2. The number of piperidine rings is 1. The number of hydroxylamine groups is 1. The zero-order chi connectivity index (χ0) is 13.5. The Labute approximate surface area is 107 Å². The molecule has 1 heterocycles. The molecule has 0 radical (unpaired) electrons. The number of nitrogens with zero attached hydrogens (tertiary/aromatic N) is 4. The molecule has 0 aromatic rings. The Balaban J connectivity index is 2.61. The fourth-order valence-corrected chi connectivity index (χ4v) is 2.07. The molecule has 0 aromatic heterocycles. The molecule has 0 bridgehead atoms. The van der Waals surface area contributed by atoms with E-state index in [9.17, 15) is 0 Å². The van der Waals surface area contributed by atoms with Gasteiger partial charge < -0.3 is 10.6 Å². The highest BCUT2D eigenvalue weighted by atomic mass is 16.6. The van der Waals surface area contributed by atoms with Gasteiger partial charge in [-0.1, -0.05) is 0 Å². The molecule has 0 saturated carbocycles. The van der Waals surface area contributed by atoms with E-state index < -0.39 is 0 Å². The Morgan fingerprint density at radius 1 is 1.67 bits per heavy atom. The number of hydrazine groups is 1. The molecule has 8 heteroatoms. The van der Waals surface area contributed by atoms with Crippen LogP contribution in [0.25, 0.3) is 0 Å². The number of nitriles is 1. The van der Waals surface area contributed by atoms with Gasteiger partial charge in [0, 0.05) is 19.6 Å². The Kier molecular flexibility index (Phi) is 5.80. The molecular formula is C10H21N7O. The summed E-state index contributed by atoms with van der Waals surface area (Å²) < 4.78 is 0. The molecule has 1 rings (SSSR count). The SMILES string of the molecule is CONC1CCC(C#N)N(C/C(N)=N/N(C)N)C1. The number of nitrogens with one attached hydrogen (secondary N) is 1. The first-order valence-electron chi connectivity index (χ1n) is 5.80. The fourth-order valence-electron chi connectivity index (χ4n) is 2.07. The standard InChI is InChI=1S/C10H21N7O/c1-16(13)14-10(12)7-17-6-8(15-18-2)3-4-9(17)5-11/h8-9,15H,3-4,6-7,13H2,1-2H3,(H2,12,14). The summed E-state index contributed by atoms with van der Waals surface area (Å²) in [6, 6.07) is 2.33. The molecule has 102 valence electrons. The van der Waals surface area contributed by atoms with Crippen LogP contribution in [0.3, 0.4) is 0 Å². The van der Waals surface area contributed by atoms with Crippen molar-refractivity contribution >= 4 is 5.84 Å². The van der Waals surface area contributed by atoms with Crippen LogP contribution in [0.2, 0.25) is 0 Å². The van der Waals surface area contributed by atoms with Crippen molar-refractivity contribution in [2.24, 2.45) is 16.7 Å². The van der Waals surface area contributed by atoms with Gasteiger partial charge in [0.05, 0.1) is 25.8 Å². The van der Waals surface area contributed by atoms with Crippen molar-refractivity contribution in [3.8, 4) is 6.07 Å². The summed E-state index contributed by atoms with van der Waals surface area (Å²) in [6.45, 7) is 1.11. The molecule has 1 saturated heterocycles. The zero-order valence-corrected chi connectivity index (χ0v) is 10.8. The summed E-state index contributed by atoms with van der Waals surface area (Å²) in [5, 5.41) is 14.2. The average Bonchev–Trinajstić information content (AvgIpc) is 2.28. The number of rotatable bonds is 5. The topological polar surface area (TPSA) is 116 Å². The third kappa shape index (κ3) is 4.46. The number of likely N-dealkylation sites (tertiary alicyclic amines) is 1. The number of hydrazone groups is 1. The first kappa shape index (κ1) is 14.7. The van der Waals surface area contributed by atoms with E-state index in [1.54, 1.807) is 14.2 Å². The Hall–Kier alpha value is -1.40. The second-order valence-electron chi connectivity index (χ2n) is 4.34. The smallest absolute Gasteiger partial charge is 0.135 e. The van der Waals surface area contributed by atoms with Gasteiger partial charge in [-0.2, -0.15) is 10.7 Å². The molecule has 5 N–H and O–H groups in total. The lowest BCUT2D eigenvalue weighted by molar-refractivity contribution is 0.0272. The van der Waals surface area contributed by atoms with Gasteiger partial charge in [-0.3, -0.25) is 4.90 Å². The highest BCUT2D eigenvalue weighted by Gasteiger charge is 2.28. The number of hydrogen-bond acceptors (Lipinski definition) is 7. The van der Waals surface area contributed by atoms with E-state index in [-0.39, 0.29) is 12.1 Å². The highest BCUT2D eigenvalue weighted by molar-refractivity contribution is 5.82. The second-order valence-corrected chi connectivity index (χ2v) is 4.34. The van der Waals surface area contributed by atoms with Crippen LogP contribution in [0, 0.1) is 11.3 Å². The second kappa shape index (κ2) is 7.13. The van der Waals surface area contributed by atoms with Gasteiger partial charge in [0.2, 0.25) is 0 Å². The summed E-state index contributed by atoms with van der Waals surface area (Å²) in [7, 11) is 3.18. The van der Waals surface area contributed by atoms with E-state index in [0.29, 0.717) is 18.9 Å². The van der Waals surface area contributed by atoms with Gasteiger partial charge in [-0.05, 0) is 12.8 Å². The minimum atomic E-state index is -0.142. The van der Waals surface area contributed by atoms with Crippen molar-refractivity contribution in [1.29, 1.82) is 5.26 Å². The summed E-state index contributed by atoms with van der Waals surface area (Å²) in [5.41, 5.74) is 8.67. The van der Waals surface area contributed by atoms with Gasteiger partial charge in [0.1, 0.15) is 5.84 Å². The maximum absolute atomic E-state index is 9.11. The summed E-state index contributed by atoms with van der Waals surface area (Å²) in [4.78, 5) is 6.89. The largest absolute Gasteiger partial charge is 0.385 e. The van der Waals surface area contributed by atoms with Crippen molar-refractivity contribution in [2.75, 3.05) is 27.2 Å². The molecule has 0 spiro atoms. The summed E-state index contributed by atoms with van der Waals surface area (Å²) in [6.07, 6.45) is 1.68. The Bertz CT molecular complexity index is 325. The molecule has 1 fully saturated rings. The van der Waals surface area contributed by atoms with E-state index in [2.05, 4.69) is 16.7 Å². The molecule has 8 nitrogen and oxygen atoms in total. The van der Waals surface area contributed by atoms with E-state index in [0.717, 1.165) is 18.0 Å². The first-order valence-corrected chi connectivity index (χ1v) is 5.80. The van der Waals surface area contributed by atoms with E-state index in [4.69, 9.17) is 21.7 Å². The summed E-state index contributed by atoms with van der Waals surface area (Å²) in [5.74, 6) is 5.78. The summed E-state index contributed by atoms with van der Waals surface area (Å²) >= 11 is 0. The molecule has 0 amide bonds. The third-order valence-corrected chi connectivity index (χ3v) is 2.77. The Morgan fingerprint density at radius 2 is 2.39 bits per heavy atom. The molecule has 0 aromatic carbocycles. The van der Waals surface area contributed by atoms with Gasteiger partial charge in [0.15, 0.2) is 0 Å². The van der Waals surface area contributed by atoms with Crippen LogP contribution in [0.1, 0.15) is 12.8 Å². The monoisotopic (exact) mass is 255 g/mol. The van der Waals surface area contributed by atoms with Crippen LogP contribution >= 0.6 is 0 Å². The third-order valence-electron chi connectivity index (χ3n) is 2.77. The average molecular weight is 255 g/mol. The predicted octanol–water partition coefficient (Wildman–Crippen LogP) is -1.43. The van der Waals surface area contributed by atoms with E-state index in [1.807, 2.05) is 4.90 Å². The van der Waals surface area contributed by atoms with E-state index >= 15 is 0 Å². The van der Waals surface area contributed by atoms with E-state index in [1.165, 1.54) is 0 Å². The predicted molar refractivity (Wildman–Crippen MR) is 67.7 cm³/mol. The molecule has 2 atom stereocenters. The van der Waals surface area contributed by atoms with Crippen molar-refractivity contribution < 1.29 is 4.84 Å². The maximum Gasteiger partial charge on any atom is 0.135 e. The van der Waals surface area contributed by atoms with Crippen molar-refractivity contribution in [3.05, 3.63) is 0 Å². The van der Waals surface area contributed by atoms with Crippen LogP contribution in [0.4, 0.5) is 0 Å². The molecule has 1 aliphatic rings. The van der Waals surface area contributed by atoms with Gasteiger partial charge >= 0.3 is 0 Å². The number of amidine groups is 1. The first-order chi connectivity index (χ1) is 8.56. The molecular weight excluding hydrogens is 234 g/mol. The van der Waals surface area contributed by atoms with Crippen LogP contribution in [0.15, 0.2) is 5.10 Å². The highest BCUT2D eigenvalue weighted by Crippen LogP contribution is 2.16. The van der Waals surface area contributed by atoms with Crippen molar-refractivity contribution in [1.82, 2.24) is 15.5 Å². The van der Waals surface area contributed by atoms with Gasteiger partial charge in [-0.15, -0.1) is 5.10 Å². The van der Waals surface area contributed by atoms with Crippen molar-refractivity contribution in [3.63, 3.8) is 0 Å². The lowest BCUT2D eigenvalue weighted by atomic mass is 9.99. The Morgan fingerprint density at radius 3 is 2.94 bits per heavy atom.